The second-order valence-electron chi connectivity index (χ2n) is 4.46. The van der Waals surface area contributed by atoms with Crippen molar-refractivity contribution >= 4 is 5.97 Å². The van der Waals surface area contributed by atoms with Crippen molar-refractivity contribution in [1.82, 2.24) is 20.2 Å². The molecule has 6 nitrogen and oxygen atoms in total. The maximum absolute atomic E-state index is 10.4. The Morgan fingerprint density at radius 2 is 2.19 bits per heavy atom. The first-order chi connectivity index (χ1) is 7.47. The highest BCUT2D eigenvalue weighted by Gasteiger charge is 2.25. The lowest BCUT2D eigenvalue weighted by molar-refractivity contribution is -0.137. The molecule has 0 unspecified atom stereocenters. The summed E-state index contributed by atoms with van der Waals surface area (Å²) >= 11 is 0. The molecule has 1 N–H and O–H groups in total. The molecule has 0 aliphatic rings. The number of rotatable bonds is 6. The highest BCUT2D eigenvalue weighted by molar-refractivity contribution is 5.66. The summed E-state index contributed by atoms with van der Waals surface area (Å²) in [5.74, 6) is 0.0322. The Kier molecular flexibility index (Phi) is 3.98. The average Bonchev–Trinajstić information content (AvgIpc) is 2.66. The second-order valence-corrected chi connectivity index (χ2v) is 4.46. The molecule has 1 rings (SSSR count). The predicted octanol–water partition coefficient (Wildman–Crippen LogP) is 1.23. The SMILES string of the molecule is CCC(C)(C)c1nnnn1CCCC(=O)O. The lowest BCUT2D eigenvalue weighted by Gasteiger charge is -2.20. The van der Waals surface area contributed by atoms with Gasteiger partial charge in [-0.05, 0) is 23.3 Å². The molecule has 0 spiro atoms. The summed E-state index contributed by atoms with van der Waals surface area (Å²) in [7, 11) is 0. The van der Waals surface area contributed by atoms with Crippen LogP contribution in [0.1, 0.15) is 45.9 Å². The van der Waals surface area contributed by atoms with Gasteiger partial charge in [0.1, 0.15) is 0 Å². The number of carboxylic acid groups (broad SMARTS) is 1. The molecule has 1 aromatic heterocycles. The van der Waals surface area contributed by atoms with Crippen molar-refractivity contribution in [1.29, 1.82) is 0 Å². The summed E-state index contributed by atoms with van der Waals surface area (Å²) < 4.78 is 1.70. The van der Waals surface area contributed by atoms with E-state index in [1.807, 2.05) is 0 Å². The van der Waals surface area contributed by atoms with Crippen LogP contribution in [-0.4, -0.2) is 31.3 Å². The molecule has 0 bridgehead atoms. The van der Waals surface area contributed by atoms with E-state index in [0.717, 1.165) is 12.2 Å². The Balaban J connectivity index is 2.67. The minimum atomic E-state index is -0.788. The van der Waals surface area contributed by atoms with Crippen LogP contribution in [0.25, 0.3) is 0 Å². The van der Waals surface area contributed by atoms with Crippen LogP contribution >= 0.6 is 0 Å². The van der Waals surface area contributed by atoms with E-state index in [2.05, 4.69) is 36.3 Å². The number of hydrogen-bond donors (Lipinski definition) is 1. The summed E-state index contributed by atoms with van der Waals surface area (Å²) in [6.45, 7) is 6.78. The third kappa shape index (κ3) is 3.01. The zero-order chi connectivity index (χ0) is 12.2. The van der Waals surface area contributed by atoms with Gasteiger partial charge in [-0.15, -0.1) is 5.10 Å². The molecule has 0 fully saturated rings. The Labute approximate surface area is 94.7 Å². The van der Waals surface area contributed by atoms with Gasteiger partial charge in [0.15, 0.2) is 5.82 Å². The molecule has 16 heavy (non-hydrogen) atoms. The van der Waals surface area contributed by atoms with Gasteiger partial charge in [0.25, 0.3) is 0 Å². The number of carboxylic acids is 1. The van der Waals surface area contributed by atoms with Crippen LogP contribution in [0.15, 0.2) is 0 Å². The van der Waals surface area contributed by atoms with E-state index in [1.165, 1.54) is 0 Å². The Bertz CT molecular complexity index is 359. The van der Waals surface area contributed by atoms with Crippen LogP contribution in [0.2, 0.25) is 0 Å². The monoisotopic (exact) mass is 226 g/mol. The number of aliphatic carboxylic acids is 1. The fourth-order valence-electron chi connectivity index (χ4n) is 1.38. The van der Waals surface area contributed by atoms with Crippen molar-refractivity contribution in [2.75, 3.05) is 0 Å². The van der Waals surface area contributed by atoms with Gasteiger partial charge in [-0.2, -0.15) is 0 Å². The molecular weight excluding hydrogens is 208 g/mol. The summed E-state index contributed by atoms with van der Waals surface area (Å²) in [6.07, 6.45) is 1.63. The number of aryl methyl sites for hydroxylation is 1. The van der Waals surface area contributed by atoms with E-state index >= 15 is 0 Å². The van der Waals surface area contributed by atoms with Gasteiger partial charge < -0.3 is 5.11 Å². The second kappa shape index (κ2) is 5.05. The van der Waals surface area contributed by atoms with Crippen LogP contribution in [0.4, 0.5) is 0 Å². The van der Waals surface area contributed by atoms with Crippen molar-refractivity contribution in [3.63, 3.8) is 0 Å². The molecule has 1 aromatic rings. The minimum Gasteiger partial charge on any atom is -0.481 e. The van der Waals surface area contributed by atoms with Gasteiger partial charge in [-0.25, -0.2) is 4.68 Å². The van der Waals surface area contributed by atoms with E-state index in [4.69, 9.17) is 5.11 Å². The van der Waals surface area contributed by atoms with Crippen LogP contribution in [0.5, 0.6) is 0 Å². The van der Waals surface area contributed by atoms with E-state index < -0.39 is 5.97 Å². The first-order valence-corrected chi connectivity index (χ1v) is 5.46. The van der Waals surface area contributed by atoms with Gasteiger partial charge in [0, 0.05) is 18.4 Å². The summed E-state index contributed by atoms with van der Waals surface area (Å²) in [5.41, 5.74) is -0.0767. The van der Waals surface area contributed by atoms with Crippen LogP contribution in [0.3, 0.4) is 0 Å². The summed E-state index contributed by atoms with van der Waals surface area (Å²) in [4.78, 5) is 10.4. The zero-order valence-electron chi connectivity index (χ0n) is 9.97. The Morgan fingerprint density at radius 3 is 2.75 bits per heavy atom. The van der Waals surface area contributed by atoms with Gasteiger partial charge >= 0.3 is 5.97 Å². The molecule has 0 aromatic carbocycles. The fourth-order valence-corrected chi connectivity index (χ4v) is 1.38. The van der Waals surface area contributed by atoms with Crippen molar-refractivity contribution < 1.29 is 9.90 Å². The number of nitrogens with zero attached hydrogens (tertiary/aromatic N) is 4. The summed E-state index contributed by atoms with van der Waals surface area (Å²) in [6, 6.07) is 0. The molecule has 6 heteroatoms. The van der Waals surface area contributed by atoms with Crippen LogP contribution < -0.4 is 0 Å². The molecule has 1 heterocycles. The molecule has 0 amide bonds. The lowest BCUT2D eigenvalue weighted by atomic mass is 9.89. The standard InChI is InChI=1S/C10H18N4O2/c1-4-10(2,3)9-11-12-13-14(9)7-5-6-8(15)16/h4-7H2,1-3H3,(H,15,16). The van der Waals surface area contributed by atoms with Crippen molar-refractivity contribution in [2.24, 2.45) is 0 Å². The lowest BCUT2D eigenvalue weighted by Crippen LogP contribution is -2.23. The topological polar surface area (TPSA) is 80.9 Å². The number of aromatic nitrogens is 4. The average molecular weight is 226 g/mol. The fraction of sp³-hybridized carbons (Fsp3) is 0.800. The van der Waals surface area contributed by atoms with E-state index in [0.29, 0.717) is 13.0 Å². The van der Waals surface area contributed by atoms with Crippen LogP contribution in [-0.2, 0) is 16.8 Å². The highest BCUT2D eigenvalue weighted by Crippen LogP contribution is 2.23. The Hall–Kier alpha value is -1.46. The van der Waals surface area contributed by atoms with E-state index in [1.54, 1.807) is 4.68 Å². The maximum atomic E-state index is 10.4. The Morgan fingerprint density at radius 1 is 1.50 bits per heavy atom. The van der Waals surface area contributed by atoms with Gasteiger partial charge in [-0.1, -0.05) is 20.8 Å². The smallest absolute Gasteiger partial charge is 0.303 e. The third-order valence-corrected chi connectivity index (χ3v) is 2.78. The molecular formula is C10H18N4O2. The first kappa shape index (κ1) is 12.6. The number of carbonyl (C=O) groups is 1. The van der Waals surface area contributed by atoms with Crippen molar-refractivity contribution in [2.45, 2.75) is 52.0 Å². The van der Waals surface area contributed by atoms with Crippen molar-refractivity contribution in [3.8, 4) is 0 Å². The predicted molar refractivity (Wildman–Crippen MR) is 58.0 cm³/mol. The largest absolute Gasteiger partial charge is 0.481 e. The summed E-state index contributed by atoms with van der Waals surface area (Å²) in [5, 5.41) is 20.1. The highest BCUT2D eigenvalue weighted by atomic mass is 16.4. The normalized spacial score (nSPS) is 11.7. The quantitative estimate of drug-likeness (QED) is 0.788. The van der Waals surface area contributed by atoms with Crippen LogP contribution in [0, 0.1) is 0 Å². The van der Waals surface area contributed by atoms with Gasteiger partial charge in [0.05, 0.1) is 0 Å². The number of tetrazole rings is 1. The minimum absolute atomic E-state index is 0.0767. The third-order valence-electron chi connectivity index (χ3n) is 2.78. The maximum Gasteiger partial charge on any atom is 0.303 e. The van der Waals surface area contributed by atoms with Gasteiger partial charge in [-0.3, -0.25) is 4.79 Å². The van der Waals surface area contributed by atoms with Gasteiger partial charge in [0.2, 0.25) is 0 Å². The first-order valence-electron chi connectivity index (χ1n) is 5.46. The number of hydrogen-bond acceptors (Lipinski definition) is 4. The molecule has 90 valence electrons. The molecule has 0 aliphatic carbocycles. The molecule has 0 atom stereocenters. The molecule has 0 saturated heterocycles. The molecule has 0 saturated carbocycles. The van der Waals surface area contributed by atoms with E-state index in [-0.39, 0.29) is 11.8 Å². The molecule has 0 radical (unpaired) electrons. The zero-order valence-corrected chi connectivity index (χ0v) is 9.97. The van der Waals surface area contributed by atoms with Crippen molar-refractivity contribution in [3.05, 3.63) is 5.82 Å². The van der Waals surface area contributed by atoms with E-state index in [9.17, 15) is 4.79 Å². The molecule has 0 aliphatic heterocycles.